The van der Waals surface area contributed by atoms with E-state index in [-0.39, 0.29) is 18.4 Å². The second-order valence-corrected chi connectivity index (χ2v) is 4.64. The van der Waals surface area contributed by atoms with E-state index in [0.717, 1.165) is 16.9 Å². The normalized spacial score (nSPS) is 10.4. The van der Waals surface area contributed by atoms with Crippen LogP contribution in [-0.2, 0) is 4.79 Å². The van der Waals surface area contributed by atoms with E-state index in [2.05, 4.69) is 5.32 Å². The standard InChI is InChI=1S/C14H19NO4/c1-8(2)10-6-11(9(3)5-12(10)19-4)14(18)15-7-13(16)17/h5-6,8H,7H2,1-4H3,(H,15,18)(H,16,17). The van der Waals surface area contributed by atoms with Gasteiger partial charge in [0.2, 0.25) is 0 Å². The molecule has 5 nitrogen and oxygen atoms in total. The fourth-order valence-corrected chi connectivity index (χ4v) is 1.82. The van der Waals surface area contributed by atoms with E-state index in [1.165, 1.54) is 0 Å². The molecule has 1 aromatic rings. The summed E-state index contributed by atoms with van der Waals surface area (Å²) in [4.78, 5) is 22.4. The molecule has 19 heavy (non-hydrogen) atoms. The molecular weight excluding hydrogens is 246 g/mol. The van der Waals surface area contributed by atoms with Crippen LogP contribution < -0.4 is 10.1 Å². The van der Waals surface area contributed by atoms with Crippen molar-refractivity contribution in [1.29, 1.82) is 0 Å². The molecule has 0 spiro atoms. The molecule has 0 saturated carbocycles. The molecule has 1 aromatic carbocycles. The van der Waals surface area contributed by atoms with E-state index < -0.39 is 5.97 Å². The van der Waals surface area contributed by atoms with Gasteiger partial charge in [-0.15, -0.1) is 0 Å². The van der Waals surface area contributed by atoms with Gasteiger partial charge in [0.15, 0.2) is 0 Å². The highest BCUT2D eigenvalue weighted by atomic mass is 16.5. The molecule has 0 aliphatic heterocycles. The zero-order chi connectivity index (χ0) is 14.6. The van der Waals surface area contributed by atoms with Gasteiger partial charge in [0.1, 0.15) is 12.3 Å². The van der Waals surface area contributed by atoms with Gasteiger partial charge in [0.25, 0.3) is 5.91 Å². The molecule has 1 amide bonds. The Morgan fingerprint density at radius 2 is 2.00 bits per heavy atom. The summed E-state index contributed by atoms with van der Waals surface area (Å²) in [6.45, 7) is 5.42. The molecule has 0 aromatic heterocycles. The molecule has 5 heteroatoms. The van der Waals surface area contributed by atoms with Crippen molar-refractivity contribution in [2.45, 2.75) is 26.7 Å². The van der Waals surface area contributed by atoms with Crippen LogP contribution in [-0.4, -0.2) is 30.6 Å². The highest BCUT2D eigenvalue weighted by Gasteiger charge is 2.16. The molecule has 0 fully saturated rings. The zero-order valence-corrected chi connectivity index (χ0v) is 11.6. The van der Waals surface area contributed by atoms with E-state index in [9.17, 15) is 9.59 Å². The van der Waals surface area contributed by atoms with Crippen LogP contribution in [0.15, 0.2) is 12.1 Å². The van der Waals surface area contributed by atoms with Gasteiger partial charge in [0.05, 0.1) is 7.11 Å². The Morgan fingerprint density at radius 1 is 1.37 bits per heavy atom. The van der Waals surface area contributed by atoms with Crippen molar-refractivity contribution >= 4 is 11.9 Å². The number of hydrogen-bond acceptors (Lipinski definition) is 3. The van der Waals surface area contributed by atoms with Crippen molar-refractivity contribution < 1.29 is 19.4 Å². The number of ether oxygens (including phenoxy) is 1. The quantitative estimate of drug-likeness (QED) is 0.853. The van der Waals surface area contributed by atoms with Gasteiger partial charge in [-0.05, 0) is 36.1 Å². The molecule has 104 valence electrons. The summed E-state index contributed by atoms with van der Waals surface area (Å²) in [5.74, 6) is -0.503. The molecule has 0 unspecified atom stereocenters. The van der Waals surface area contributed by atoms with Gasteiger partial charge in [-0.2, -0.15) is 0 Å². The van der Waals surface area contributed by atoms with Crippen LogP contribution in [0.4, 0.5) is 0 Å². The van der Waals surface area contributed by atoms with Gasteiger partial charge in [-0.25, -0.2) is 0 Å². The molecule has 0 atom stereocenters. The lowest BCUT2D eigenvalue weighted by atomic mass is 9.96. The Labute approximate surface area is 112 Å². The minimum atomic E-state index is -1.07. The minimum absolute atomic E-state index is 0.210. The van der Waals surface area contributed by atoms with Gasteiger partial charge < -0.3 is 15.2 Å². The third-order valence-electron chi connectivity index (χ3n) is 2.84. The van der Waals surface area contributed by atoms with Crippen LogP contribution in [0.1, 0.15) is 41.3 Å². The van der Waals surface area contributed by atoms with Crippen molar-refractivity contribution in [3.63, 3.8) is 0 Å². The van der Waals surface area contributed by atoms with E-state index >= 15 is 0 Å². The molecule has 0 aliphatic rings. The summed E-state index contributed by atoms with van der Waals surface area (Å²) in [5, 5.41) is 10.9. The van der Waals surface area contributed by atoms with Crippen LogP contribution in [0.3, 0.4) is 0 Å². The third kappa shape index (κ3) is 3.71. The Bertz CT molecular complexity index is 494. The average molecular weight is 265 g/mol. The summed E-state index contributed by atoms with van der Waals surface area (Å²) in [5.41, 5.74) is 2.16. The molecule has 0 heterocycles. The first-order valence-electron chi connectivity index (χ1n) is 6.05. The summed E-state index contributed by atoms with van der Waals surface area (Å²) in [6.07, 6.45) is 0. The predicted octanol–water partition coefficient (Wildman–Crippen LogP) is 1.94. The average Bonchev–Trinajstić information content (AvgIpc) is 2.34. The molecular formula is C14H19NO4. The Hall–Kier alpha value is -2.04. The maximum absolute atomic E-state index is 11.9. The molecule has 0 aliphatic carbocycles. The number of carbonyl (C=O) groups excluding carboxylic acids is 1. The zero-order valence-electron chi connectivity index (χ0n) is 11.6. The van der Waals surface area contributed by atoms with Crippen LogP contribution in [0.2, 0.25) is 0 Å². The highest BCUT2D eigenvalue weighted by molar-refractivity contribution is 5.97. The lowest BCUT2D eigenvalue weighted by Gasteiger charge is -2.15. The first-order valence-corrected chi connectivity index (χ1v) is 6.05. The highest BCUT2D eigenvalue weighted by Crippen LogP contribution is 2.29. The molecule has 2 N–H and O–H groups in total. The third-order valence-corrected chi connectivity index (χ3v) is 2.84. The fourth-order valence-electron chi connectivity index (χ4n) is 1.82. The number of carboxylic acids is 1. The first-order chi connectivity index (χ1) is 8.86. The molecule has 0 saturated heterocycles. The summed E-state index contributed by atoms with van der Waals surface area (Å²) < 4.78 is 5.29. The number of aliphatic carboxylic acids is 1. The number of amides is 1. The Balaban J connectivity index is 3.10. The van der Waals surface area contributed by atoms with Crippen molar-refractivity contribution in [2.24, 2.45) is 0 Å². The molecule has 0 radical (unpaired) electrons. The largest absolute Gasteiger partial charge is 0.496 e. The first kappa shape index (κ1) is 15.0. The van der Waals surface area contributed by atoms with Gasteiger partial charge >= 0.3 is 5.97 Å². The summed E-state index contributed by atoms with van der Waals surface area (Å²) >= 11 is 0. The van der Waals surface area contributed by atoms with Crippen LogP contribution in [0.25, 0.3) is 0 Å². The number of carboxylic acid groups (broad SMARTS) is 1. The SMILES string of the molecule is COc1cc(C)c(C(=O)NCC(=O)O)cc1C(C)C. The second-order valence-electron chi connectivity index (χ2n) is 4.64. The number of carbonyl (C=O) groups is 2. The maximum Gasteiger partial charge on any atom is 0.322 e. The monoisotopic (exact) mass is 265 g/mol. The van der Waals surface area contributed by atoms with Crippen LogP contribution in [0.5, 0.6) is 5.75 Å². The summed E-state index contributed by atoms with van der Waals surface area (Å²) in [7, 11) is 1.59. The van der Waals surface area contributed by atoms with E-state index in [0.29, 0.717) is 5.56 Å². The second kappa shape index (κ2) is 6.22. The lowest BCUT2D eigenvalue weighted by Crippen LogP contribution is -2.29. The number of aryl methyl sites for hydroxylation is 1. The van der Waals surface area contributed by atoms with Gasteiger partial charge in [-0.1, -0.05) is 13.8 Å². The maximum atomic E-state index is 11.9. The number of benzene rings is 1. The molecule has 0 bridgehead atoms. The van der Waals surface area contributed by atoms with Crippen molar-refractivity contribution in [1.82, 2.24) is 5.32 Å². The van der Waals surface area contributed by atoms with E-state index in [1.54, 1.807) is 26.2 Å². The van der Waals surface area contributed by atoms with E-state index in [4.69, 9.17) is 9.84 Å². The lowest BCUT2D eigenvalue weighted by molar-refractivity contribution is -0.135. The van der Waals surface area contributed by atoms with Gasteiger partial charge in [0, 0.05) is 5.56 Å². The number of hydrogen-bond donors (Lipinski definition) is 2. The number of methoxy groups -OCH3 is 1. The van der Waals surface area contributed by atoms with Crippen molar-refractivity contribution in [2.75, 3.05) is 13.7 Å². The topological polar surface area (TPSA) is 75.6 Å². The van der Waals surface area contributed by atoms with Crippen LogP contribution >= 0.6 is 0 Å². The van der Waals surface area contributed by atoms with Crippen LogP contribution in [0, 0.1) is 6.92 Å². The van der Waals surface area contributed by atoms with Gasteiger partial charge in [-0.3, -0.25) is 9.59 Å². The fraction of sp³-hybridized carbons (Fsp3) is 0.429. The molecule has 1 rings (SSSR count). The smallest absolute Gasteiger partial charge is 0.322 e. The Morgan fingerprint density at radius 3 is 2.47 bits per heavy atom. The number of rotatable bonds is 5. The van der Waals surface area contributed by atoms with Crippen molar-refractivity contribution in [3.8, 4) is 5.75 Å². The van der Waals surface area contributed by atoms with Crippen molar-refractivity contribution in [3.05, 3.63) is 28.8 Å². The predicted molar refractivity (Wildman–Crippen MR) is 71.8 cm³/mol. The van der Waals surface area contributed by atoms with E-state index in [1.807, 2.05) is 13.8 Å². The number of nitrogens with one attached hydrogen (secondary N) is 1. The minimum Gasteiger partial charge on any atom is -0.496 e. The summed E-state index contributed by atoms with van der Waals surface area (Å²) in [6, 6.07) is 3.56. The Kier molecular flexibility index (Phi) is 4.92.